The highest BCUT2D eigenvalue weighted by atomic mass is 35.5. The molecule has 2 aromatic rings. The molecule has 162 valence electrons. The second-order valence-electron chi connectivity index (χ2n) is 7.56. The van der Waals surface area contributed by atoms with Crippen LogP contribution in [0.5, 0.6) is 0 Å². The van der Waals surface area contributed by atoms with Gasteiger partial charge in [-0.15, -0.1) is 22.6 Å². The van der Waals surface area contributed by atoms with Gasteiger partial charge >= 0.3 is 0 Å². The number of nitro benzene ring substituents is 1. The van der Waals surface area contributed by atoms with Gasteiger partial charge < -0.3 is 19.7 Å². The van der Waals surface area contributed by atoms with Gasteiger partial charge in [0, 0.05) is 45.2 Å². The number of likely N-dealkylation sites (N-methyl/N-ethyl adjacent to an activating group) is 1. The standard InChI is InChI=1S/C19H25N7O3.ClH/c1-23(15-4-2-3-5-16(15)26(28)29)13-18(27)24-9-6-14(7-10-24)19-22-21-17-12-20-8-11-25(17)19;/h2-5,14,20H,6-13H2,1H3;1H. The Kier molecular flexibility index (Phi) is 6.88. The van der Waals surface area contributed by atoms with Crippen molar-refractivity contribution in [2.75, 3.05) is 38.1 Å². The van der Waals surface area contributed by atoms with Crippen molar-refractivity contribution in [2.45, 2.75) is 31.8 Å². The molecule has 0 atom stereocenters. The molecule has 1 N–H and O–H groups in total. The summed E-state index contributed by atoms with van der Waals surface area (Å²) in [5.74, 6) is 2.31. The molecule has 1 fully saturated rings. The lowest BCUT2D eigenvalue weighted by molar-refractivity contribution is -0.384. The highest BCUT2D eigenvalue weighted by Gasteiger charge is 2.29. The molecule has 4 rings (SSSR count). The fraction of sp³-hybridized carbons (Fsp3) is 0.526. The molecule has 0 unspecified atom stereocenters. The molecule has 1 amide bonds. The second kappa shape index (κ2) is 9.40. The fourth-order valence-corrected chi connectivity index (χ4v) is 4.13. The average Bonchev–Trinajstić information content (AvgIpc) is 3.18. The van der Waals surface area contributed by atoms with Crippen molar-refractivity contribution in [1.82, 2.24) is 25.0 Å². The molecule has 11 heteroatoms. The zero-order valence-electron chi connectivity index (χ0n) is 16.9. The number of nitro groups is 1. The van der Waals surface area contributed by atoms with Crippen molar-refractivity contribution in [3.8, 4) is 0 Å². The van der Waals surface area contributed by atoms with Crippen LogP contribution in [0.4, 0.5) is 11.4 Å². The number of piperidine rings is 1. The summed E-state index contributed by atoms with van der Waals surface area (Å²) in [4.78, 5) is 27.1. The van der Waals surface area contributed by atoms with Crippen LogP contribution in [0.2, 0.25) is 0 Å². The van der Waals surface area contributed by atoms with Gasteiger partial charge in [0.05, 0.1) is 18.0 Å². The van der Waals surface area contributed by atoms with E-state index in [0.717, 1.165) is 44.1 Å². The number of hydrogen-bond acceptors (Lipinski definition) is 7. The zero-order chi connectivity index (χ0) is 20.4. The van der Waals surface area contributed by atoms with Crippen molar-refractivity contribution >= 4 is 29.7 Å². The molecular weight excluding hydrogens is 410 g/mol. The number of anilines is 1. The number of nitrogens with zero attached hydrogens (tertiary/aromatic N) is 6. The second-order valence-corrected chi connectivity index (χ2v) is 7.56. The molecule has 0 bridgehead atoms. The molecule has 1 saturated heterocycles. The maximum atomic E-state index is 12.8. The molecule has 2 aliphatic rings. The Balaban J connectivity index is 0.00000256. The van der Waals surface area contributed by atoms with Gasteiger partial charge in [-0.25, -0.2) is 0 Å². The highest BCUT2D eigenvalue weighted by molar-refractivity contribution is 5.85. The summed E-state index contributed by atoms with van der Waals surface area (Å²) in [6.45, 7) is 4.00. The Morgan fingerprint density at radius 1 is 1.27 bits per heavy atom. The molecule has 2 aliphatic heterocycles. The molecule has 0 radical (unpaired) electrons. The van der Waals surface area contributed by atoms with Crippen LogP contribution in [-0.4, -0.2) is 63.7 Å². The number of fused-ring (bicyclic) bond motifs is 1. The van der Waals surface area contributed by atoms with E-state index in [0.29, 0.717) is 24.7 Å². The van der Waals surface area contributed by atoms with Crippen molar-refractivity contribution in [2.24, 2.45) is 0 Å². The van der Waals surface area contributed by atoms with Gasteiger partial charge in [-0.3, -0.25) is 14.9 Å². The third-order valence-corrected chi connectivity index (χ3v) is 5.73. The van der Waals surface area contributed by atoms with Crippen LogP contribution in [0, 0.1) is 10.1 Å². The van der Waals surface area contributed by atoms with E-state index in [2.05, 4.69) is 20.1 Å². The number of halogens is 1. The summed E-state index contributed by atoms with van der Waals surface area (Å²) < 4.78 is 2.21. The number of benzene rings is 1. The minimum atomic E-state index is -0.420. The summed E-state index contributed by atoms with van der Waals surface area (Å²) >= 11 is 0. The van der Waals surface area contributed by atoms with Crippen LogP contribution >= 0.6 is 12.4 Å². The number of rotatable bonds is 5. The molecule has 0 saturated carbocycles. The predicted octanol–water partition coefficient (Wildman–Crippen LogP) is 1.55. The number of carbonyl (C=O) groups excluding carboxylic acids is 1. The van der Waals surface area contributed by atoms with Gasteiger partial charge in [0.1, 0.15) is 17.3 Å². The molecule has 1 aromatic heterocycles. The van der Waals surface area contributed by atoms with Gasteiger partial charge in [-0.2, -0.15) is 0 Å². The summed E-state index contributed by atoms with van der Waals surface area (Å²) in [7, 11) is 1.71. The summed E-state index contributed by atoms with van der Waals surface area (Å²) in [6.07, 6.45) is 1.71. The maximum absolute atomic E-state index is 12.8. The molecule has 0 spiro atoms. The van der Waals surface area contributed by atoms with Gasteiger partial charge in [-0.1, -0.05) is 12.1 Å². The summed E-state index contributed by atoms with van der Waals surface area (Å²) in [5.41, 5.74) is 0.456. The number of likely N-dealkylation sites (tertiary alicyclic amines) is 1. The van der Waals surface area contributed by atoms with Crippen LogP contribution in [0.25, 0.3) is 0 Å². The Hall–Kier alpha value is -2.72. The quantitative estimate of drug-likeness (QED) is 0.560. The number of amides is 1. The Bertz CT molecular complexity index is 911. The number of para-hydroxylation sites is 2. The summed E-state index contributed by atoms with van der Waals surface area (Å²) in [5, 5.41) is 23.2. The summed E-state index contributed by atoms with van der Waals surface area (Å²) in [6, 6.07) is 6.49. The topological polar surface area (TPSA) is 109 Å². The van der Waals surface area contributed by atoms with Crippen LogP contribution in [-0.2, 0) is 17.9 Å². The molecular formula is C19H26ClN7O3. The predicted molar refractivity (Wildman–Crippen MR) is 114 cm³/mol. The lowest BCUT2D eigenvalue weighted by Gasteiger charge is -2.33. The van der Waals surface area contributed by atoms with Gasteiger partial charge in [-0.05, 0) is 18.9 Å². The maximum Gasteiger partial charge on any atom is 0.292 e. The van der Waals surface area contributed by atoms with Crippen LogP contribution < -0.4 is 10.2 Å². The minimum Gasteiger partial charge on any atom is -0.360 e. The van der Waals surface area contributed by atoms with Crippen LogP contribution in [0.15, 0.2) is 24.3 Å². The van der Waals surface area contributed by atoms with Crippen molar-refractivity contribution < 1.29 is 9.72 Å². The molecule has 3 heterocycles. The lowest BCUT2D eigenvalue weighted by atomic mass is 9.95. The largest absolute Gasteiger partial charge is 0.360 e. The number of hydrogen-bond donors (Lipinski definition) is 1. The van der Waals surface area contributed by atoms with E-state index in [9.17, 15) is 14.9 Å². The SMILES string of the molecule is CN(CC(=O)N1CCC(c2nnc3n2CCNC3)CC1)c1ccccc1[N+](=O)[O-].Cl. The van der Waals surface area contributed by atoms with E-state index in [4.69, 9.17) is 0 Å². The van der Waals surface area contributed by atoms with Gasteiger partial charge in [0.2, 0.25) is 5.91 Å². The lowest BCUT2D eigenvalue weighted by Crippen LogP contribution is -2.43. The van der Waals surface area contributed by atoms with Crippen molar-refractivity contribution in [3.05, 3.63) is 46.0 Å². The fourth-order valence-electron chi connectivity index (χ4n) is 4.13. The smallest absolute Gasteiger partial charge is 0.292 e. The zero-order valence-corrected chi connectivity index (χ0v) is 17.7. The van der Waals surface area contributed by atoms with E-state index in [1.54, 1.807) is 30.1 Å². The van der Waals surface area contributed by atoms with Crippen molar-refractivity contribution in [1.29, 1.82) is 0 Å². The Morgan fingerprint density at radius 2 is 2.00 bits per heavy atom. The number of nitrogens with one attached hydrogen (secondary N) is 1. The highest BCUT2D eigenvalue weighted by Crippen LogP contribution is 2.29. The third kappa shape index (κ3) is 4.39. The number of carbonyl (C=O) groups is 1. The molecule has 0 aliphatic carbocycles. The van der Waals surface area contributed by atoms with Gasteiger partial charge in [0.25, 0.3) is 5.69 Å². The van der Waals surface area contributed by atoms with E-state index < -0.39 is 4.92 Å². The molecule has 30 heavy (non-hydrogen) atoms. The van der Waals surface area contributed by atoms with E-state index >= 15 is 0 Å². The van der Waals surface area contributed by atoms with E-state index in [-0.39, 0.29) is 30.5 Å². The normalized spacial score (nSPS) is 16.5. The molecule has 10 nitrogen and oxygen atoms in total. The first-order chi connectivity index (χ1) is 14.0. The average molecular weight is 436 g/mol. The van der Waals surface area contributed by atoms with Crippen molar-refractivity contribution in [3.63, 3.8) is 0 Å². The Labute approximate surface area is 180 Å². The number of aromatic nitrogens is 3. The van der Waals surface area contributed by atoms with E-state index in [1.165, 1.54) is 6.07 Å². The van der Waals surface area contributed by atoms with Crippen LogP contribution in [0.1, 0.15) is 30.4 Å². The first kappa shape index (κ1) is 22.0. The van der Waals surface area contributed by atoms with Gasteiger partial charge in [0.15, 0.2) is 0 Å². The first-order valence-corrected chi connectivity index (χ1v) is 9.89. The first-order valence-electron chi connectivity index (χ1n) is 9.89. The third-order valence-electron chi connectivity index (χ3n) is 5.73. The van der Waals surface area contributed by atoms with Crippen LogP contribution in [0.3, 0.4) is 0 Å². The monoisotopic (exact) mass is 435 g/mol. The molecule has 1 aromatic carbocycles. The minimum absolute atomic E-state index is 0. The van der Waals surface area contributed by atoms with E-state index in [1.807, 2.05) is 4.90 Å². The Morgan fingerprint density at radius 3 is 2.73 bits per heavy atom.